The molecule has 0 radical (unpaired) electrons. The van der Waals surface area contributed by atoms with E-state index < -0.39 is 4.92 Å². The van der Waals surface area contributed by atoms with Crippen LogP contribution in [0.25, 0.3) is 0 Å². The highest BCUT2D eigenvalue weighted by atomic mass is 16.6. The average Bonchev–Trinajstić information content (AvgIpc) is 2.72. The van der Waals surface area contributed by atoms with Gasteiger partial charge in [-0.2, -0.15) is 10.1 Å². The summed E-state index contributed by atoms with van der Waals surface area (Å²) in [5.41, 5.74) is 6.06. The zero-order valence-electron chi connectivity index (χ0n) is 9.57. The van der Waals surface area contributed by atoms with Gasteiger partial charge in [-0.15, -0.1) is 0 Å². The Bertz CT molecular complexity index is 580. The third kappa shape index (κ3) is 2.51. The van der Waals surface area contributed by atoms with Gasteiger partial charge in [0.05, 0.1) is 11.1 Å². The lowest BCUT2D eigenvalue weighted by molar-refractivity contribution is -0.384. The summed E-state index contributed by atoms with van der Waals surface area (Å²) in [6, 6.07) is 0. The molecule has 2 aromatic rings. The highest BCUT2D eigenvalue weighted by molar-refractivity contribution is 5.56. The summed E-state index contributed by atoms with van der Waals surface area (Å²) < 4.78 is 1.64. The van der Waals surface area contributed by atoms with Gasteiger partial charge in [0, 0.05) is 25.4 Å². The molecule has 0 saturated heterocycles. The molecule has 0 aliphatic rings. The number of nitrogens with two attached hydrogens (primary N) is 1. The Morgan fingerprint density at radius 2 is 2.33 bits per heavy atom. The van der Waals surface area contributed by atoms with E-state index >= 15 is 0 Å². The topological polar surface area (TPSA) is 125 Å². The van der Waals surface area contributed by atoms with E-state index in [0.717, 1.165) is 11.8 Å². The second kappa shape index (κ2) is 4.65. The van der Waals surface area contributed by atoms with Gasteiger partial charge in [-0.25, -0.2) is 4.98 Å². The zero-order chi connectivity index (χ0) is 13.1. The fourth-order valence-corrected chi connectivity index (χ4v) is 1.40. The maximum Gasteiger partial charge on any atom is 0.329 e. The maximum absolute atomic E-state index is 10.8. The number of nitro groups is 1. The normalized spacial score (nSPS) is 10.3. The minimum Gasteiger partial charge on any atom is -0.368 e. The van der Waals surface area contributed by atoms with Crippen LogP contribution < -0.4 is 11.1 Å². The first-order valence-electron chi connectivity index (χ1n) is 5.04. The van der Waals surface area contributed by atoms with Crippen LogP contribution >= 0.6 is 0 Å². The number of nitrogen functional groups attached to an aromatic ring is 1. The van der Waals surface area contributed by atoms with Crippen LogP contribution in [-0.2, 0) is 13.6 Å². The Balaban J connectivity index is 2.17. The molecule has 3 N–H and O–H groups in total. The molecule has 0 aromatic carbocycles. The van der Waals surface area contributed by atoms with Crippen LogP contribution in [0.5, 0.6) is 0 Å². The first-order chi connectivity index (χ1) is 8.56. The standard InChI is InChI=1S/C9H11N7O2/c1-15-5-6(3-13-15)2-11-8-7(16(17)18)4-12-9(10)14-8/h3-5H,2H2,1H3,(H3,10,11,12,14). The third-order valence-electron chi connectivity index (χ3n) is 2.20. The van der Waals surface area contributed by atoms with E-state index in [1.54, 1.807) is 24.1 Å². The molecule has 2 rings (SSSR count). The van der Waals surface area contributed by atoms with E-state index in [2.05, 4.69) is 20.4 Å². The smallest absolute Gasteiger partial charge is 0.329 e. The second-order valence-corrected chi connectivity index (χ2v) is 3.59. The lowest BCUT2D eigenvalue weighted by atomic mass is 10.3. The van der Waals surface area contributed by atoms with Crippen molar-refractivity contribution in [3.8, 4) is 0 Å². The number of nitrogens with one attached hydrogen (secondary N) is 1. The lowest BCUT2D eigenvalue weighted by Crippen LogP contribution is -2.07. The molecule has 0 unspecified atom stereocenters. The fourth-order valence-electron chi connectivity index (χ4n) is 1.40. The molecule has 2 heterocycles. The van der Waals surface area contributed by atoms with Crippen LogP contribution in [0.3, 0.4) is 0 Å². The van der Waals surface area contributed by atoms with Gasteiger partial charge in [-0.1, -0.05) is 0 Å². The van der Waals surface area contributed by atoms with Crippen molar-refractivity contribution < 1.29 is 4.92 Å². The Labute approximate surface area is 102 Å². The Hall–Kier alpha value is -2.71. The minimum absolute atomic E-state index is 0.0192. The summed E-state index contributed by atoms with van der Waals surface area (Å²) in [7, 11) is 1.79. The van der Waals surface area contributed by atoms with Crippen molar-refractivity contribution in [2.75, 3.05) is 11.1 Å². The minimum atomic E-state index is -0.564. The summed E-state index contributed by atoms with van der Waals surface area (Å²) in [4.78, 5) is 17.6. The number of hydrogen-bond donors (Lipinski definition) is 2. The number of rotatable bonds is 4. The Morgan fingerprint density at radius 3 is 2.94 bits per heavy atom. The molecule has 18 heavy (non-hydrogen) atoms. The Morgan fingerprint density at radius 1 is 1.56 bits per heavy atom. The van der Waals surface area contributed by atoms with Gasteiger partial charge < -0.3 is 11.1 Å². The molecule has 0 aliphatic carbocycles. The van der Waals surface area contributed by atoms with Crippen LogP contribution in [0, 0.1) is 10.1 Å². The van der Waals surface area contributed by atoms with Crippen molar-refractivity contribution >= 4 is 17.5 Å². The van der Waals surface area contributed by atoms with Crippen molar-refractivity contribution in [1.82, 2.24) is 19.7 Å². The number of aryl methyl sites for hydroxylation is 1. The number of nitrogens with zero attached hydrogens (tertiary/aromatic N) is 5. The molecule has 0 saturated carbocycles. The van der Waals surface area contributed by atoms with Crippen molar-refractivity contribution in [1.29, 1.82) is 0 Å². The van der Waals surface area contributed by atoms with E-state index in [0.29, 0.717) is 6.54 Å². The lowest BCUT2D eigenvalue weighted by Gasteiger charge is -2.04. The van der Waals surface area contributed by atoms with Crippen molar-refractivity contribution in [2.24, 2.45) is 7.05 Å². The molecule has 0 bridgehead atoms. The van der Waals surface area contributed by atoms with Crippen molar-refractivity contribution in [3.05, 3.63) is 34.3 Å². The molecule has 0 spiro atoms. The number of anilines is 2. The molecule has 0 atom stereocenters. The van der Waals surface area contributed by atoms with E-state index in [1.807, 2.05) is 0 Å². The molecule has 0 fully saturated rings. The van der Waals surface area contributed by atoms with Gasteiger partial charge in [0.2, 0.25) is 11.8 Å². The highest BCUT2D eigenvalue weighted by Crippen LogP contribution is 2.21. The largest absolute Gasteiger partial charge is 0.368 e. The molecular weight excluding hydrogens is 238 g/mol. The molecule has 9 heteroatoms. The van der Waals surface area contributed by atoms with Crippen LogP contribution in [0.1, 0.15) is 5.56 Å². The van der Waals surface area contributed by atoms with Crippen LogP contribution in [0.15, 0.2) is 18.6 Å². The van der Waals surface area contributed by atoms with E-state index in [4.69, 9.17) is 5.73 Å². The SMILES string of the molecule is Cn1cc(CNc2nc(N)ncc2[N+](=O)[O-])cn1. The molecular formula is C9H11N7O2. The van der Waals surface area contributed by atoms with Gasteiger partial charge >= 0.3 is 5.69 Å². The molecule has 9 nitrogen and oxygen atoms in total. The third-order valence-corrected chi connectivity index (χ3v) is 2.20. The quantitative estimate of drug-likeness (QED) is 0.590. The summed E-state index contributed by atoms with van der Waals surface area (Å²) in [5, 5.41) is 17.6. The van der Waals surface area contributed by atoms with Gasteiger partial charge in [0.1, 0.15) is 6.20 Å². The van der Waals surface area contributed by atoms with E-state index in [1.165, 1.54) is 0 Å². The molecule has 2 aromatic heterocycles. The maximum atomic E-state index is 10.8. The van der Waals surface area contributed by atoms with Crippen LogP contribution in [0.2, 0.25) is 0 Å². The van der Waals surface area contributed by atoms with Crippen molar-refractivity contribution in [3.63, 3.8) is 0 Å². The van der Waals surface area contributed by atoms with Gasteiger partial charge in [-0.3, -0.25) is 14.8 Å². The summed E-state index contributed by atoms with van der Waals surface area (Å²) in [6.45, 7) is 0.366. The van der Waals surface area contributed by atoms with Gasteiger partial charge in [0.25, 0.3) is 0 Å². The highest BCUT2D eigenvalue weighted by Gasteiger charge is 2.16. The molecule has 0 amide bonds. The predicted molar refractivity (Wildman–Crippen MR) is 63.6 cm³/mol. The van der Waals surface area contributed by atoms with Gasteiger partial charge in [0.15, 0.2) is 0 Å². The summed E-state index contributed by atoms with van der Waals surface area (Å²) >= 11 is 0. The van der Waals surface area contributed by atoms with E-state index in [9.17, 15) is 10.1 Å². The zero-order valence-corrected chi connectivity index (χ0v) is 9.57. The molecule has 0 aliphatic heterocycles. The first kappa shape index (κ1) is 11.8. The van der Waals surface area contributed by atoms with Gasteiger partial charge in [-0.05, 0) is 0 Å². The summed E-state index contributed by atoms with van der Waals surface area (Å²) in [6.07, 6.45) is 4.53. The fraction of sp³-hybridized carbons (Fsp3) is 0.222. The first-order valence-corrected chi connectivity index (χ1v) is 5.04. The monoisotopic (exact) mass is 249 g/mol. The average molecular weight is 249 g/mol. The van der Waals surface area contributed by atoms with E-state index in [-0.39, 0.29) is 17.5 Å². The second-order valence-electron chi connectivity index (χ2n) is 3.59. The van der Waals surface area contributed by atoms with Crippen molar-refractivity contribution in [2.45, 2.75) is 6.54 Å². The molecule has 94 valence electrons. The predicted octanol–water partition coefficient (Wildman–Crippen LogP) is 0.313. The van der Waals surface area contributed by atoms with Crippen LogP contribution in [0.4, 0.5) is 17.5 Å². The number of aromatic nitrogens is 4. The number of hydrogen-bond acceptors (Lipinski definition) is 7. The Kier molecular flexibility index (Phi) is 3.04. The summed E-state index contributed by atoms with van der Waals surface area (Å²) in [5.74, 6) is 0.0747. The van der Waals surface area contributed by atoms with Crippen LogP contribution in [-0.4, -0.2) is 24.7 Å².